The Hall–Kier alpha value is -1.79. The highest BCUT2D eigenvalue weighted by Gasteiger charge is 2.10. The van der Waals surface area contributed by atoms with Crippen molar-refractivity contribution in [1.82, 2.24) is 10.6 Å². The lowest BCUT2D eigenvalue weighted by Gasteiger charge is -2.08. The van der Waals surface area contributed by atoms with Crippen LogP contribution in [-0.4, -0.2) is 51.5 Å². The van der Waals surface area contributed by atoms with Gasteiger partial charge >= 0.3 is 0 Å². The number of rotatable bonds is 8. The highest BCUT2D eigenvalue weighted by atomic mass is 16.5. The highest BCUT2D eigenvalue weighted by Crippen LogP contribution is 2.22. The average Bonchev–Trinajstić information content (AvgIpc) is 2.42. The molecule has 0 aliphatic heterocycles. The number of carbonyl (C=O) groups is 1. The van der Waals surface area contributed by atoms with Gasteiger partial charge in [-0.05, 0) is 12.1 Å². The molecule has 106 valence electrons. The van der Waals surface area contributed by atoms with E-state index < -0.39 is 0 Å². The number of phenolic OH excluding ortho intramolecular Hbond substituents is 1. The van der Waals surface area contributed by atoms with Crippen LogP contribution >= 0.6 is 0 Å². The summed E-state index contributed by atoms with van der Waals surface area (Å²) < 4.78 is 9.83. The van der Waals surface area contributed by atoms with Crippen molar-refractivity contribution in [3.63, 3.8) is 0 Å². The second-order valence-electron chi connectivity index (χ2n) is 3.88. The summed E-state index contributed by atoms with van der Waals surface area (Å²) in [7, 11) is 3.14. The lowest BCUT2D eigenvalue weighted by Crippen LogP contribution is -2.33. The largest absolute Gasteiger partial charge is 0.507 e. The summed E-state index contributed by atoms with van der Waals surface area (Å²) in [5, 5.41) is 15.5. The van der Waals surface area contributed by atoms with Gasteiger partial charge < -0.3 is 25.2 Å². The topological polar surface area (TPSA) is 79.8 Å². The Bertz CT molecular complexity index is 410. The van der Waals surface area contributed by atoms with E-state index in [9.17, 15) is 9.90 Å². The van der Waals surface area contributed by atoms with Crippen LogP contribution < -0.4 is 15.4 Å². The van der Waals surface area contributed by atoms with E-state index in [-0.39, 0.29) is 17.2 Å². The summed E-state index contributed by atoms with van der Waals surface area (Å²) >= 11 is 0. The SMILES string of the molecule is COCCNCCNC(=O)c1ccc(OC)cc1O. The van der Waals surface area contributed by atoms with Crippen LogP contribution in [0.3, 0.4) is 0 Å². The van der Waals surface area contributed by atoms with Gasteiger partial charge in [-0.2, -0.15) is 0 Å². The highest BCUT2D eigenvalue weighted by molar-refractivity contribution is 5.96. The second-order valence-corrected chi connectivity index (χ2v) is 3.88. The Morgan fingerprint density at radius 3 is 2.68 bits per heavy atom. The van der Waals surface area contributed by atoms with E-state index in [1.165, 1.54) is 19.2 Å². The van der Waals surface area contributed by atoms with Gasteiger partial charge in [0.2, 0.25) is 0 Å². The van der Waals surface area contributed by atoms with E-state index in [4.69, 9.17) is 9.47 Å². The summed E-state index contributed by atoms with van der Waals surface area (Å²) in [6.45, 7) is 2.49. The molecule has 0 fully saturated rings. The Morgan fingerprint density at radius 2 is 2.05 bits per heavy atom. The summed E-state index contributed by atoms with van der Waals surface area (Å²) in [5.74, 6) is 0.105. The monoisotopic (exact) mass is 268 g/mol. The molecule has 0 bridgehead atoms. The molecule has 0 saturated carbocycles. The van der Waals surface area contributed by atoms with Crippen LogP contribution in [0.2, 0.25) is 0 Å². The third-order valence-electron chi connectivity index (χ3n) is 2.52. The van der Waals surface area contributed by atoms with Crippen molar-refractivity contribution in [2.24, 2.45) is 0 Å². The van der Waals surface area contributed by atoms with E-state index in [0.29, 0.717) is 25.4 Å². The minimum Gasteiger partial charge on any atom is -0.507 e. The van der Waals surface area contributed by atoms with Gasteiger partial charge in [0.15, 0.2) is 0 Å². The summed E-state index contributed by atoms with van der Waals surface area (Å²) in [6, 6.07) is 4.57. The molecule has 1 amide bonds. The molecular weight excluding hydrogens is 248 g/mol. The van der Waals surface area contributed by atoms with Gasteiger partial charge in [0.05, 0.1) is 19.3 Å². The first-order chi connectivity index (χ1) is 9.19. The summed E-state index contributed by atoms with van der Waals surface area (Å²) in [5.41, 5.74) is 0.234. The zero-order valence-electron chi connectivity index (χ0n) is 11.2. The number of phenols is 1. The molecule has 0 radical (unpaired) electrons. The van der Waals surface area contributed by atoms with Crippen molar-refractivity contribution < 1.29 is 19.4 Å². The van der Waals surface area contributed by atoms with Gasteiger partial charge in [-0.25, -0.2) is 0 Å². The second kappa shape index (κ2) is 8.34. The van der Waals surface area contributed by atoms with Crippen LogP contribution in [0.1, 0.15) is 10.4 Å². The lowest BCUT2D eigenvalue weighted by atomic mass is 10.2. The van der Waals surface area contributed by atoms with Crippen molar-refractivity contribution in [2.45, 2.75) is 0 Å². The van der Waals surface area contributed by atoms with Crippen LogP contribution in [0, 0.1) is 0 Å². The molecule has 3 N–H and O–H groups in total. The first-order valence-corrected chi connectivity index (χ1v) is 6.04. The first-order valence-electron chi connectivity index (χ1n) is 6.04. The molecule has 1 aromatic carbocycles. The molecule has 0 aromatic heterocycles. The Labute approximate surface area is 112 Å². The van der Waals surface area contributed by atoms with Crippen LogP contribution in [0.15, 0.2) is 18.2 Å². The minimum atomic E-state index is -0.311. The third-order valence-corrected chi connectivity index (χ3v) is 2.52. The fraction of sp³-hybridized carbons (Fsp3) is 0.462. The predicted octanol–water partition coefficient (Wildman–Crippen LogP) is 0.367. The number of aromatic hydroxyl groups is 1. The van der Waals surface area contributed by atoms with Gasteiger partial charge in [0, 0.05) is 32.8 Å². The molecule has 0 unspecified atom stereocenters. The van der Waals surface area contributed by atoms with Gasteiger partial charge in [-0.3, -0.25) is 4.79 Å². The van der Waals surface area contributed by atoms with Crippen molar-refractivity contribution in [3.05, 3.63) is 23.8 Å². The number of hydrogen-bond acceptors (Lipinski definition) is 5. The predicted molar refractivity (Wildman–Crippen MR) is 71.7 cm³/mol. The first kappa shape index (κ1) is 15.3. The fourth-order valence-corrected chi connectivity index (χ4v) is 1.49. The molecule has 0 saturated heterocycles. The lowest BCUT2D eigenvalue weighted by molar-refractivity contribution is 0.0951. The molecule has 19 heavy (non-hydrogen) atoms. The minimum absolute atomic E-state index is 0.0933. The molecule has 0 heterocycles. The smallest absolute Gasteiger partial charge is 0.255 e. The van der Waals surface area contributed by atoms with Crippen molar-refractivity contribution >= 4 is 5.91 Å². The van der Waals surface area contributed by atoms with Crippen LogP contribution in [0.25, 0.3) is 0 Å². The molecule has 0 aliphatic rings. The Balaban J connectivity index is 2.37. The summed E-state index contributed by atoms with van der Waals surface area (Å²) in [4.78, 5) is 11.8. The van der Waals surface area contributed by atoms with Gasteiger partial charge in [0.25, 0.3) is 5.91 Å². The van der Waals surface area contributed by atoms with Gasteiger partial charge in [0.1, 0.15) is 11.5 Å². The number of ether oxygens (including phenoxy) is 2. The summed E-state index contributed by atoms with van der Waals surface area (Å²) in [6.07, 6.45) is 0. The number of amides is 1. The van der Waals surface area contributed by atoms with Gasteiger partial charge in [-0.15, -0.1) is 0 Å². The maximum Gasteiger partial charge on any atom is 0.255 e. The quantitative estimate of drug-likeness (QED) is 0.593. The van der Waals surface area contributed by atoms with Crippen molar-refractivity contribution in [2.75, 3.05) is 40.5 Å². The van der Waals surface area contributed by atoms with E-state index >= 15 is 0 Å². The van der Waals surface area contributed by atoms with Crippen molar-refractivity contribution in [1.29, 1.82) is 0 Å². The molecule has 1 rings (SSSR count). The number of benzene rings is 1. The molecule has 6 nitrogen and oxygen atoms in total. The molecule has 1 aromatic rings. The van der Waals surface area contributed by atoms with E-state index in [1.54, 1.807) is 13.2 Å². The number of methoxy groups -OCH3 is 2. The zero-order valence-corrected chi connectivity index (χ0v) is 11.2. The van der Waals surface area contributed by atoms with Crippen LogP contribution in [0.4, 0.5) is 0 Å². The molecule has 0 atom stereocenters. The maximum atomic E-state index is 11.8. The standard InChI is InChI=1S/C13H20N2O4/c1-18-8-7-14-5-6-15-13(17)11-4-3-10(19-2)9-12(11)16/h3-4,9,14,16H,5-8H2,1-2H3,(H,15,17). The molecule has 0 spiro atoms. The molecule has 6 heteroatoms. The normalized spacial score (nSPS) is 10.2. The van der Waals surface area contributed by atoms with Crippen LogP contribution in [-0.2, 0) is 4.74 Å². The fourth-order valence-electron chi connectivity index (χ4n) is 1.49. The maximum absolute atomic E-state index is 11.8. The molecule has 0 aliphatic carbocycles. The van der Waals surface area contributed by atoms with E-state index in [0.717, 1.165) is 6.54 Å². The third kappa shape index (κ3) is 5.15. The van der Waals surface area contributed by atoms with Crippen molar-refractivity contribution in [3.8, 4) is 11.5 Å². The number of carbonyl (C=O) groups excluding carboxylic acids is 1. The zero-order chi connectivity index (χ0) is 14.1. The Morgan fingerprint density at radius 1 is 1.26 bits per heavy atom. The van der Waals surface area contributed by atoms with Gasteiger partial charge in [-0.1, -0.05) is 0 Å². The average molecular weight is 268 g/mol. The van der Waals surface area contributed by atoms with E-state index in [1.807, 2.05) is 0 Å². The van der Waals surface area contributed by atoms with Crippen LogP contribution in [0.5, 0.6) is 11.5 Å². The Kier molecular flexibility index (Phi) is 6.70. The van der Waals surface area contributed by atoms with E-state index in [2.05, 4.69) is 10.6 Å². The number of hydrogen-bond donors (Lipinski definition) is 3. The number of nitrogens with one attached hydrogen (secondary N) is 2. The molecular formula is C13H20N2O4.